The normalized spacial score (nSPS) is 12.1. The van der Waals surface area contributed by atoms with Crippen molar-refractivity contribution in [3.63, 3.8) is 0 Å². The van der Waals surface area contributed by atoms with Crippen LogP contribution in [0.15, 0.2) is 59.2 Å². The second kappa shape index (κ2) is 13.0. The predicted octanol–water partition coefficient (Wildman–Crippen LogP) is 6.47. The van der Waals surface area contributed by atoms with Gasteiger partial charge in [0.2, 0.25) is 11.8 Å². The molecule has 0 saturated carbocycles. The minimum absolute atomic E-state index is 0.0781. The number of thiophene rings is 2. The number of aliphatic imine (C=N–C) groups is 1. The molecule has 11 nitrogen and oxygen atoms in total. The first-order chi connectivity index (χ1) is 21.9. The van der Waals surface area contributed by atoms with Gasteiger partial charge in [-0.15, -0.1) is 22.7 Å². The first-order valence-electron chi connectivity index (χ1n) is 13.9. The van der Waals surface area contributed by atoms with Crippen molar-refractivity contribution >= 4 is 77.9 Å². The van der Waals surface area contributed by atoms with E-state index in [4.69, 9.17) is 27.0 Å². The number of nitriles is 1. The minimum Gasteiger partial charge on any atom is -0.471 e. The Bertz CT molecular complexity index is 2040. The third-order valence-electron chi connectivity index (χ3n) is 7.04. The van der Waals surface area contributed by atoms with E-state index >= 15 is 0 Å². The number of carbonyl (C=O) groups is 1. The van der Waals surface area contributed by atoms with Crippen molar-refractivity contribution in [2.45, 2.75) is 19.6 Å². The number of amides is 1. The molecule has 45 heavy (non-hydrogen) atoms. The Morgan fingerprint density at radius 3 is 2.80 bits per heavy atom. The predicted molar refractivity (Wildman–Crippen MR) is 178 cm³/mol. The number of allylic oxidation sites excluding steroid dienone is 1. The zero-order chi connectivity index (χ0) is 31.3. The highest BCUT2D eigenvalue weighted by atomic mass is 32.1. The molecule has 0 atom stereocenters. The summed E-state index contributed by atoms with van der Waals surface area (Å²) in [7, 11) is 1.96. The lowest BCUT2D eigenvalue weighted by molar-refractivity contribution is 0.148. The molecule has 0 aliphatic carbocycles. The minimum atomic E-state index is -0.483. The summed E-state index contributed by atoms with van der Waals surface area (Å²) in [6, 6.07) is 17.9. The molecule has 5 aromatic rings. The van der Waals surface area contributed by atoms with Crippen molar-refractivity contribution in [2.75, 3.05) is 30.8 Å². The van der Waals surface area contributed by atoms with E-state index in [-0.39, 0.29) is 18.3 Å². The second-order valence-electron chi connectivity index (χ2n) is 10.1. The van der Waals surface area contributed by atoms with Crippen LogP contribution >= 0.6 is 22.7 Å². The molecule has 2 aromatic carbocycles. The van der Waals surface area contributed by atoms with Crippen LogP contribution in [-0.4, -0.2) is 42.5 Å². The number of benzene rings is 2. The molecule has 0 radical (unpaired) electrons. The number of ether oxygens (including phenoxy) is 2. The van der Waals surface area contributed by atoms with Crippen LogP contribution in [0.4, 0.5) is 22.1 Å². The van der Waals surface area contributed by atoms with Crippen molar-refractivity contribution in [2.24, 2.45) is 4.99 Å². The molecule has 0 saturated heterocycles. The van der Waals surface area contributed by atoms with Crippen molar-refractivity contribution in [1.82, 2.24) is 15.3 Å². The SMILES string of the molecule is [C-]#[N+]/C(C#N)=C\c1cc2sc3cc(N(C)CCOC(=O)NCc4ccc(COc5nc(N)nc6c5N=CC6)cc4)ccc3c2s1. The molecule has 1 aliphatic rings. The summed E-state index contributed by atoms with van der Waals surface area (Å²) < 4.78 is 14.7. The van der Waals surface area contributed by atoms with E-state index in [0.717, 1.165) is 46.9 Å². The zero-order valence-electron chi connectivity index (χ0n) is 24.1. The van der Waals surface area contributed by atoms with Crippen LogP contribution in [0, 0.1) is 17.9 Å². The third-order valence-corrected chi connectivity index (χ3v) is 9.39. The van der Waals surface area contributed by atoms with Gasteiger partial charge in [0, 0.05) is 51.6 Å². The van der Waals surface area contributed by atoms with E-state index in [1.165, 1.54) is 0 Å². The standard InChI is InChI=1S/C32H26N8O3S2/c1-35-21(16-33)13-23-15-27-29(44-23)24-8-7-22(14-26(24)45-27)40(2)11-12-42-32(41)37-17-19-3-5-20(6-4-19)18-43-30-28-25(9-10-36-28)38-31(34)39-30/h3-8,10,13-15H,9,11-12,17-18H2,2H3,(H,37,41)(H2,34,38,39)/b21-13-. The molecule has 3 aromatic heterocycles. The van der Waals surface area contributed by atoms with Gasteiger partial charge < -0.3 is 25.4 Å². The van der Waals surface area contributed by atoms with E-state index in [2.05, 4.69) is 37.3 Å². The highest BCUT2D eigenvalue weighted by molar-refractivity contribution is 7.33. The molecule has 1 aliphatic heterocycles. The molecular formula is C32H26N8O3S2. The monoisotopic (exact) mass is 634 g/mol. The summed E-state index contributed by atoms with van der Waals surface area (Å²) in [5.74, 6) is 0.532. The molecule has 3 N–H and O–H groups in total. The van der Waals surface area contributed by atoms with Gasteiger partial charge in [-0.1, -0.05) is 30.3 Å². The smallest absolute Gasteiger partial charge is 0.407 e. The first-order valence-corrected chi connectivity index (χ1v) is 15.5. The number of nitrogens with zero attached hydrogens (tertiary/aromatic N) is 6. The molecule has 6 rings (SSSR count). The van der Waals surface area contributed by atoms with E-state index < -0.39 is 6.09 Å². The first kappa shape index (κ1) is 29.6. The Balaban J connectivity index is 0.956. The van der Waals surface area contributed by atoms with Gasteiger partial charge in [0.15, 0.2) is 0 Å². The number of anilines is 2. The van der Waals surface area contributed by atoms with Crippen LogP contribution in [0.5, 0.6) is 5.88 Å². The fraction of sp³-hybridized carbons (Fsp3) is 0.188. The van der Waals surface area contributed by atoms with Crippen LogP contribution in [0.25, 0.3) is 30.4 Å². The number of hydrogen-bond donors (Lipinski definition) is 2. The van der Waals surface area contributed by atoms with Gasteiger partial charge in [-0.25, -0.2) is 19.9 Å². The molecule has 0 fully saturated rings. The van der Waals surface area contributed by atoms with Crippen molar-refractivity contribution in [3.05, 3.63) is 87.3 Å². The lowest BCUT2D eigenvalue weighted by atomic mass is 10.1. The fourth-order valence-electron chi connectivity index (χ4n) is 4.72. The van der Waals surface area contributed by atoms with E-state index in [9.17, 15) is 4.79 Å². The number of hydrogen-bond acceptors (Lipinski definition) is 11. The number of likely N-dealkylation sites (N-methyl/N-ethyl adjacent to an activating group) is 1. The third kappa shape index (κ3) is 6.70. The molecule has 1 amide bonds. The van der Waals surface area contributed by atoms with Crippen LogP contribution in [-0.2, 0) is 24.3 Å². The molecule has 224 valence electrons. The van der Waals surface area contributed by atoms with Gasteiger partial charge in [-0.2, -0.15) is 4.98 Å². The molecular weight excluding hydrogens is 609 g/mol. The lowest BCUT2D eigenvalue weighted by Gasteiger charge is -2.19. The average Bonchev–Trinajstić information content (AvgIpc) is 3.76. The highest BCUT2D eigenvalue weighted by Crippen LogP contribution is 2.41. The summed E-state index contributed by atoms with van der Waals surface area (Å²) in [6.45, 7) is 8.48. The summed E-state index contributed by atoms with van der Waals surface area (Å²) >= 11 is 3.25. The molecule has 0 bridgehead atoms. The van der Waals surface area contributed by atoms with Gasteiger partial charge in [-0.05, 0) is 35.4 Å². The van der Waals surface area contributed by atoms with Crippen molar-refractivity contribution in [3.8, 4) is 11.9 Å². The molecule has 13 heteroatoms. The summed E-state index contributed by atoms with van der Waals surface area (Å²) in [5, 5.41) is 13.0. The summed E-state index contributed by atoms with van der Waals surface area (Å²) in [6.07, 6.45) is 3.52. The highest BCUT2D eigenvalue weighted by Gasteiger charge is 2.17. The Morgan fingerprint density at radius 2 is 2.00 bits per heavy atom. The number of nitrogens with one attached hydrogen (secondary N) is 1. The van der Waals surface area contributed by atoms with Gasteiger partial charge >= 0.3 is 6.09 Å². The lowest BCUT2D eigenvalue weighted by Crippen LogP contribution is -2.28. The van der Waals surface area contributed by atoms with Gasteiger partial charge in [0.05, 0.1) is 29.6 Å². The number of rotatable bonds is 10. The van der Waals surface area contributed by atoms with E-state index in [1.54, 1.807) is 35.0 Å². The quantitative estimate of drug-likeness (QED) is 0.131. The number of nitrogen functional groups attached to an aromatic ring is 1. The van der Waals surface area contributed by atoms with E-state index in [1.807, 2.05) is 54.4 Å². The number of aromatic nitrogens is 2. The fourth-order valence-corrected chi connectivity index (χ4v) is 7.22. The molecule has 4 heterocycles. The largest absolute Gasteiger partial charge is 0.471 e. The number of fused-ring (bicyclic) bond motifs is 4. The average molecular weight is 635 g/mol. The maximum absolute atomic E-state index is 12.3. The van der Waals surface area contributed by atoms with Crippen LogP contribution in [0.3, 0.4) is 0 Å². The van der Waals surface area contributed by atoms with E-state index in [0.29, 0.717) is 37.7 Å². The number of alkyl carbamates (subject to hydrolysis) is 1. The topological polar surface area (TPSA) is 143 Å². The molecule has 0 unspecified atom stereocenters. The van der Waals surface area contributed by atoms with Gasteiger partial charge in [0.1, 0.15) is 18.9 Å². The number of carbonyl (C=O) groups excluding carboxylic acids is 1. The van der Waals surface area contributed by atoms with Crippen LogP contribution in [0.2, 0.25) is 0 Å². The van der Waals surface area contributed by atoms with Crippen LogP contribution < -0.4 is 20.7 Å². The number of nitrogens with two attached hydrogens (primary N) is 1. The maximum atomic E-state index is 12.3. The Morgan fingerprint density at radius 1 is 1.18 bits per heavy atom. The Hall–Kier alpha value is -5.50. The van der Waals surface area contributed by atoms with Crippen molar-refractivity contribution < 1.29 is 14.3 Å². The van der Waals surface area contributed by atoms with Gasteiger partial charge in [0.25, 0.3) is 5.70 Å². The Labute approximate surface area is 266 Å². The van der Waals surface area contributed by atoms with Crippen LogP contribution in [0.1, 0.15) is 21.7 Å². The second-order valence-corrected chi connectivity index (χ2v) is 12.3. The zero-order valence-corrected chi connectivity index (χ0v) is 25.7. The maximum Gasteiger partial charge on any atom is 0.407 e. The van der Waals surface area contributed by atoms with Crippen molar-refractivity contribution in [1.29, 1.82) is 5.26 Å². The Kier molecular flexibility index (Phi) is 8.55. The van der Waals surface area contributed by atoms with Gasteiger partial charge in [-0.3, -0.25) is 4.99 Å². The summed E-state index contributed by atoms with van der Waals surface area (Å²) in [4.78, 5) is 31.1. The summed E-state index contributed by atoms with van der Waals surface area (Å²) in [5.41, 5.74) is 10.1. The molecule has 0 spiro atoms.